The summed E-state index contributed by atoms with van der Waals surface area (Å²) in [7, 11) is 0. The summed E-state index contributed by atoms with van der Waals surface area (Å²) in [6, 6.07) is 8.99. The summed E-state index contributed by atoms with van der Waals surface area (Å²) in [6.07, 6.45) is 4.12. The van der Waals surface area contributed by atoms with Crippen molar-refractivity contribution in [3.8, 4) is 0 Å². The first-order chi connectivity index (χ1) is 12.6. The van der Waals surface area contributed by atoms with Gasteiger partial charge in [-0.2, -0.15) is 0 Å². The molecular formula is C20H23ClN4O2. The summed E-state index contributed by atoms with van der Waals surface area (Å²) in [6.45, 7) is 5.61. The zero-order chi connectivity index (χ0) is 18.1. The zero-order valence-electron chi connectivity index (χ0n) is 15.3. The van der Waals surface area contributed by atoms with Gasteiger partial charge in [-0.3, -0.25) is 14.0 Å². The average molecular weight is 387 g/mol. The zero-order valence-corrected chi connectivity index (χ0v) is 16.1. The molecule has 1 aliphatic rings. The minimum atomic E-state index is -0.193. The monoisotopic (exact) mass is 386 g/mol. The maximum atomic E-state index is 12.7. The molecule has 0 aliphatic carbocycles. The van der Waals surface area contributed by atoms with Crippen LogP contribution in [0.2, 0.25) is 0 Å². The van der Waals surface area contributed by atoms with Crippen molar-refractivity contribution in [3.05, 3.63) is 58.0 Å². The highest BCUT2D eigenvalue weighted by Gasteiger charge is 2.15. The lowest BCUT2D eigenvalue weighted by Crippen LogP contribution is -2.34. The van der Waals surface area contributed by atoms with Crippen molar-refractivity contribution in [1.29, 1.82) is 0 Å². The lowest BCUT2D eigenvalue weighted by atomic mass is 10.1. The van der Waals surface area contributed by atoms with Crippen LogP contribution in [0.25, 0.3) is 16.6 Å². The van der Waals surface area contributed by atoms with Gasteiger partial charge in [0.15, 0.2) is 5.65 Å². The van der Waals surface area contributed by atoms with Crippen LogP contribution in [0.15, 0.2) is 41.3 Å². The summed E-state index contributed by atoms with van der Waals surface area (Å²) in [5.74, 6) is -0.193. The number of hydrogen-bond acceptors (Lipinski definition) is 4. The van der Waals surface area contributed by atoms with Crippen LogP contribution in [-0.2, 0) is 0 Å². The van der Waals surface area contributed by atoms with Crippen LogP contribution < -0.4 is 10.9 Å². The van der Waals surface area contributed by atoms with E-state index < -0.39 is 0 Å². The fourth-order valence-electron chi connectivity index (χ4n) is 3.54. The second-order valence-corrected chi connectivity index (χ2v) is 6.86. The number of hydrogen-bond donors (Lipinski definition) is 1. The van der Waals surface area contributed by atoms with Gasteiger partial charge >= 0.3 is 0 Å². The van der Waals surface area contributed by atoms with Gasteiger partial charge in [-0.05, 0) is 62.7 Å². The highest BCUT2D eigenvalue weighted by atomic mass is 35.5. The third-order valence-corrected chi connectivity index (χ3v) is 4.95. The highest BCUT2D eigenvalue weighted by molar-refractivity contribution is 6.00. The molecule has 0 saturated carbocycles. The Morgan fingerprint density at radius 1 is 1.22 bits per heavy atom. The van der Waals surface area contributed by atoms with Gasteiger partial charge in [0.05, 0.1) is 16.5 Å². The molecule has 27 heavy (non-hydrogen) atoms. The van der Waals surface area contributed by atoms with Crippen molar-refractivity contribution in [3.63, 3.8) is 0 Å². The number of aryl methyl sites for hydroxylation is 1. The van der Waals surface area contributed by atoms with Crippen LogP contribution >= 0.6 is 12.4 Å². The standard InChI is InChI=1S/C20H22N4O2.ClH/c1-14-6-7-15-17(13-14)22-18-16(5-4-11-24(18)20(15)26)19(25)21-8-12-23-9-2-3-10-23;/h4-7,11,13H,2-3,8-10,12H2,1H3,(H,21,25);1H. The van der Waals surface area contributed by atoms with E-state index in [-0.39, 0.29) is 23.9 Å². The maximum Gasteiger partial charge on any atom is 0.265 e. The topological polar surface area (TPSA) is 66.7 Å². The van der Waals surface area contributed by atoms with Gasteiger partial charge in [-0.15, -0.1) is 12.4 Å². The highest BCUT2D eigenvalue weighted by Crippen LogP contribution is 2.14. The molecule has 0 bridgehead atoms. The number of aromatic nitrogens is 2. The molecule has 6 nitrogen and oxygen atoms in total. The quantitative estimate of drug-likeness (QED) is 0.699. The number of benzene rings is 1. The molecule has 7 heteroatoms. The Balaban J connectivity index is 0.00000210. The first-order valence-electron chi connectivity index (χ1n) is 9.06. The molecule has 142 valence electrons. The van der Waals surface area contributed by atoms with Gasteiger partial charge in [0.25, 0.3) is 11.5 Å². The number of likely N-dealkylation sites (tertiary alicyclic amines) is 1. The molecule has 2 aromatic heterocycles. The second kappa shape index (κ2) is 8.06. The summed E-state index contributed by atoms with van der Waals surface area (Å²) in [4.78, 5) is 32.4. The molecule has 4 rings (SSSR count). The van der Waals surface area contributed by atoms with E-state index in [0.717, 1.165) is 25.2 Å². The van der Waals surface area contributed by atoms with E-state index in [2.05, 4.69) is 15.2 Å². The molecule has 1 fully saturated rings. The summed E-state index contributed by atoms with van der Waals surface area (Å²) < 4.78 is 1.45. The molecule has 1 saturated heterocycles. The first-order valence-corrected chi connectivity index (χ1v) is 9.06. The van der Waals surface area contributed by atoms with Crippen molar-refractivity contribution in [2.75, 3.05) is 26.2 Å². The minimum Gasteiger partial charge on any atom is -0.351 e. The fraction of sp³-hybridized carbons (Fsp3) is 0.350. The number of rotatable bonds is 4. The number of carbonyl (C=O) groups is 1. The molecular weight excluding hydrogens is 364 g/mol. The van der Waals surface area contributed by atoms with E-state index in [1.807, 2.05) is 19.1 Å². The molecule has 1 aliphatic heterocycles. The lowest BCUT2D eigenvalue weighted by Gasteiger charge is -2.15. The predicted molar refractivity (Wildman–Crippen MR) is 109 cm³/mol. The number of amides is 1. The maximum absolute atomic E-state index is 12.7. The van der Waals surface area contributed by atoms with Crippen LogP contribution in [0, 0.1) is 6.92 Å². The van der Waals surface area contributed by atoms with E-state index in [9.17, 15) is 9.59 Å². The Bertz CT molecular complexity index is 1040. The van der Waals surface area contributed by atoms with Gasteiger partial charge in [0.1, 0.15) is 0 Å². The average Bonchev–Trinajstić information content (AvgIpc) is 3.14. The van der Waals surface area contributed by atoms with Gasteiger partial charge in [-0.1, -0.05) is 6.07 Å². The molecule has 0 spiro atoms. The van der Waals surface area contributed by atoms with E-state index in [4.69, 9.17) is 0 Å². The number of carbonyl (C=O) groups excluding carboxylic acids is 1. The van der Waals surface area contributed by atoms with E-state index >= 15 is 0 Å². The predicted octanol–water partition coefficient (Wildman–Crippen LogP) is 2.40. The number of fused-ring (bicyclic) bond motifs is 2. The molecule has 0 atom stereocenters. The number of halogens is 1. The molecule has 0 radical (unpaired) electrons. The largest absolute Gasteiger partial charge is 0.351 e. The number of nitrogens with zero attached hydrogens (tertiary/aromatic N) is 3. The van der Waals surface area contributed by atoms with Gasteiger partial charge in [0, 0.05) is 19.3 Å². The van der Waals surface area contributed by atoms with Crippen molar-refractivity contribution in [2.45, 2.75) is 19.8 Å². The minimum absolute atomic E-state index is 0. The van der Waals surface area contributed by atoms with Gasteiger partial charge < -0.3 is 10.2 Å². The van der Waals surface area contributed by atoms with E-state index in [1.54, 1.807) is 24.4 Å². The smallest absolute Gasteiger partial charge is 0.265 e. The SMILES string of the molecule is Cc1ccc2c(=O)n3cccc(C(=O)NCCN4CCCC4)c3nc2c1.Cl. The van der Waals surface area contributed by atoms with Crippen molar-refractivity contribution in [2.24, 2.45) is 0 Å². The van der Waals surface area contributed by atoms with Crippen molar-refractivity contribution >= 4 is 34.9 Å². The summed E-state index contributed by atoms with van der Waals surface area (Å²) in [5, 5.41) is 3.52. The Hall–Kier alpha value is -2.44. The third-order valence-electron chi connectivity index (χ3n) is 4.95. The lowest BCUT2D eigenvalue weighted by molar-refractivity contribution is 0.0951. The van der Waals surface area contributed by atoms with Crippen LogP contribution in [0.5, 0.6) is 0 Å². The number of pyridine rings is 1. The molecule has 1 amide bonds. The van der Waals surface area contributed by atoms with Crippen LogP contribution in [0.3, 0.4) is 0 Å². The normalized spacial score (nSPS) is 14.4. The molecule has 1 aromatic carbocycles. The Morgan fingerprint density at radius 3 is 2.78 bits per heavy atom. The Kier molecular flexibility index (Phi) is 5.77. The van der Waals surface area contributed by atoms with Crippen LogP contribution in [0.4, 0.5) is 0 Å². The van der Waals surface area contributed by atoms with Crippen LogP contribution in [-0.4, -0.2) is 46.4 Å². The first kappa shape index (κ1) is 19.3. The van der Waals surface area contributed by atoms with E-state index in [0.29, 0.717) is 28.7 Å². The number of nitrogens with one attached hydrogen (secondary N) is 1. The molecule has 1 N–H and O–H groups in total. The van der Waals surface area contributed by atoms with Crippen LogP contribution in [0.1, 0.15) is 28.8 Å². The summed E-state index contributed by atoms with van der Waals surface area (Å²) in [5.41, 5.74) is 2.31. The molecule has 0 unspecified atom stereocenters. The second-order valence-electron chi connectivity index (χ2n) is 6.86. The molecule has 3 aromatic rings. The Labute approximate surface area is 163 Å². The van der Waals surface area contributed by atoms with Gasteiger partial charge in [-0.25, -0.2) is 4.98 Å². The van der Waals surface area contributed by atoms with Gasteiger partial charge in [0.2, 0.25) is 0 Å². The van der Waals surface area contributed by atoms with Crippen molar-refractivity contribution < 1.29 is 4.79 Å². The molecule has 3 heterocycles. The summed E-state index contributed by atoms with van der Waals surface area (Å²) >= 11 is 0. The van der Waals surface area contributed by atoms with E-state index in [1.165, 1.54) is 17.2 Å². The fourth-order valence-corrected chi connectivity index (χ4v) is 3.54. The van der Waals surface area contributed by atoms with Crippen molar-refractivity contribution in [1.82, 2.24) is 19.6 Å². The third kappa shape index (κ3) is 3.82. The Morgan fingerprint density at radius 2 is 2.00 bits per heavy atom.